The summed E-state index contributed by atoms with van der Waals surface area (Å²) in [4.78, 5) is 0. The molecule has 0 bridgehead atoms. The molecule has 23 heavy (non-hydrogen) atoms. The first-order valence-electron chi connectivity index (χ1n) is 7.70. The lowest BCUT2D eigenvalue weighted by Gasteiger charge is -2.23. The fraction of sp³-hybridized carbons (Fsp3) is 0.500. The molecule has 0 saturated heterocycles. The van der Waals surface area contributed by atoms with Crippen molar-refractivity contribution in [1.29, 1.82) is 0 Å². The first kappa shape index (κ1) is 17.6. The van der Waals surface area contributed by atoms with E-state index in [1.165, 1.54) is 31.4 Å². The van der Waals surface area contributed by atoms with Gasteiger partial charge in [-0.2, -0.15) is 13.9 Å². The van der Waals surface area contributed by atoms with Crippen molar-refractivity contribution < 1.29 is 13.5 Å². The third-order valence-corrected chi connectivity index (χ3v) is 3.95. The molecule has 0 unspecified atom stereocenters. The van der Waals surface area contributed by atoms with E-state index in [0.29, 0.717) is 22.4 Å². The van der Waals surface area contributed by atoms with Crippen molar-refractivity contribution >= 4 is 23.0 Å². The maximum atomic E-state index is 12.2. The fourth-order valence-corrected chi connectivity index (χ4v) is 2.77. The lowest BCUT2D eigenvalue weighted by molar-refractivity contribution is -0.0498. The Labute approximate surface area is 140 Å². The normalized spacial score (nSPS) is 16.3. The van der Waals surface area contributed by atoms with Gasteiger partial charge in [0.25, 0.3) is 0 Å². The molecule has 1 saturated carbocycles. The lowest BCUT2D eigenvalue weighted by atomic mass is 9.96. The summed E-state index contributed by atoms with van der Waals surface area (Å²) in [6.45, 7) is -1.06. The summed E-state index contributed by atoms with van der Waals surface area (Å²) in [5.41, 5.74) is 4.14. The highest BCUT2D eigenvalue weighted by Crippen LogP contribution is 2.17. The number of rotatable bonds is 5. The number of ether oxygens (including phenoxy) is 1. The molecule has 126 valence electrons. The van der Waals surface area contributed by atoms with Gasteiger partial charge in [-0.05, 0) is 44.1 Å². The molecule has 1 aromatic carbocycles. The zero-order valence-electron chi connectivity index (χ0n) is 13.0. The molecule has 1 aliphatic carbocycles. The number of hydrogen-bond acceptors (Lipinski definition) is 3. The molecular weight excluding hydrogens is 320 g/mol. The number of nitrogens with one attached hydrogen (secondary N) is 2. The molecule has 2 N–H and O–H groups in total. The van der Waals surface area contributed by atoms with Crippen molar-refractivity contribution in [2.24, 2.45) is 5.10 Å². The van der Waals surface area contributed by atoms with Crippen LogP contribution in [-0.2, 0) is 0 Å². The highest BCUT2D eigenvalue weighted by Gasteiger charge is 2.13. The summed E-state index contributed by atoms with van der Waals surface area (Å²) < 4.78 is 28.9. The number of hydrogen-bond donors (Lipinski definition) is 2. The van der Waals surface area contributed by atoms with E-state index in [1.54, 1.807) is 19.1 Å². The molecule has 0 amide bonds. The topological polar surface area (TPSA) is 45.7 Å². The average Bonchev–Trinajstić information content (AvgIpc) is 2.53. The predicted octanol–water partition coefficient (Wildman–Crippen LogP) is 3.81. The molecule has 0 spiro atoms. The van der Waals surface area contributed by atoms with Gasteiger partial charge >= 0.3 is 6.61 Å². The van der Waals surface area contributed by atoms with Gasteiger partial charge in [-0.25, -0.2) is 0 Å². The summed E-state index contributed by atoms with van der Waals surface area (Å²) in [7, 11) is 0. The van der Waals surface area contributed by atoms with Crippen molar-refractivity contribution in [2.75, 3.05) is 0 Å². The fourth-order valence-electron chi connectivity index (χ4n) is 2.56. The molecule has 2 rings (SSSR count). The van der Waals surface area contributed by atoms with Gasteiger partial charge in [-0.3, -0.25) is 5.43 Å². The summed E-state index contributed by atoms with van der Waals surface area (Å²) in [5.74, 6) is 0.106. The van der Waals surface area contributed by atoms with Crippen LogP contribution < -0.4 is 15.5 Å². The zero-order valence-corrected chi connectivity index (χ0v) is 13.8. The Kier molecular flexibility index (Phi) is 6.70. The molecule has 1 aromatic rings. The smallest absolute Gasteiger partial charge is 0.387 e. The second-order valence-electron chi connectivity index (χ2n) is 5.52. The van der Waals surface area contributed by atoms with E-state index in [4.69, 9.17) is 12.2 Å². The lowest BCUT2D eigenvalue weighted by Crippen LogP contribution is -2.41. The molecular formula is C16H21F2N3OS. The molecule has 0 aromatic heterocycles. The van der Waals surface area contributed by atoms with E-state index in [2.05, 4.69) is 20.6 Å². The molecule has 1 fully saturated rings. The Morgan fingerprint density at radius 3 is 2.74 bits per heavy atom. The van der Waals surface area contributed by atoms with E-state index in [-0.39, 0.29) is 5.75 Å². The Bertz CT molecular complexity index is 560. The van der Waals surface area contributed by atoms with Gasteiger partial charge in [0.1, 0.15) is 5.75 Å². The van der Waals surface area contributed by atoms with Gasteiger partial charge < -0.3 is 10.1 Å². The predicted molar refractivity (Wildman–Crippen MR) is 91.0 cm³/mol. The van der Waals surface area contributed by atoms with Gasteiger partial charge in [-0.15, -0.1) is 0 Å². The van der Waals surface area contributed by atoms with E-state index in [9.17, 15) is 8.78 Å². The highest BCUT2D eigenvalue weighted by molar-refractivity contribution is 7.80. The van der Waals surface area contributed by atoms with Crippen LogP contribution >= 0.6 is 12.2 Å². The van der Waals surface area contributed by atoms with E-state index >= 15 is 0 Å². The quantitative estimate of drug-likeness (QED) is 0.486. The molecule has 0 radical (unpaired) electrons. The molecule has 0 heterocycles. The van der Waals surface area contributed by atoms with Crippen LogP contribution in [0.15, 0.2) is 29.4 Å². The van der Waals surface area contributed by atoms with Crippen LogP contribution in [-0.4, -0.2) is 23.5 Å². The SMILES string of the molecule is C/C(=N\NC(=S)NC1CCCCC1)c1cccc(OC(F)F)c1. The largest absolute Gasteiger partial charge is 0.435 e. The number of hydrazone groups is 1. The minimum Gasteiger partial charge on any atom is -0.435 e. The Morgan fingerprint density at radius 2 is 2.04 bits per heavy atom. The van der Waals surface area contributed by atoms with Crippen LogP contribution in [0.2, 0.25) is 0 Å². The monoisotopic (exact) mass is 341 g/mol. The minimum absolute atomic E-state index is 0.106. The van der Waals surface area contributed by atoms with Gasteiger partial charge in [0.05, 0.1) is 5.71 Å². The number of halogens is 2. The number of benzene rings is 1. The Balaban J connectivity index is 1.89. The molecule has 7 heteroatoms. The van der Waals surface area contributed by atoms with Crippen LogP contribution in [0.5, 0.6) is 5.75 Å². The van der Waals surface area contributed by atoms with Crippen LogP contribution in [0.3, 0.4) is 0 Å². The molecule has 0 atom stereocenters. The summed E-state index contributed by atoms with van der Waals surface area (Å²) in [5, 5.41) is 7.94. The van der Waals surface area contributed by atoms with E-state index in [1.807, 2.05) is 0 Å². The molecule has 4 nitrogen and oxygen atoms in total. The maximum absolute atomic E-state index is 12.2. The van der Waals surface area contributed by atoms with Crippen molar-refractivity contribution in [3.8, 4) is 5.75 Å². The van der Waals surface area contributed by atoms with Crippen molar-refractivity contribution in [3.05, 3.63) is 29.8 Å². The third-order valence-electron chi connectivity index (χ3n) is 3.74. The van der Waals surface area contributed by atoms with Crippen LogP contribution in [0.1, 0.15) is 44.6 Å². The van der Waals surface area contributed by atoms with Crippen molar-refractivity contribution in [2.45, 2.75) is 51.7 Å². The molecule has 1 aliphatic rings. The van der Waals surface area contributed by atoms with Crippen LogP contribution in [0.25, 0.3) is 0 Å². The van der Waals surface area contributed by atoms with Crippen LogP contribution in [0, 0.1) is 0 Å². The van der Waals surface area contributed by atoms with Gasteiger partial charge in [-0.1, -0.05) is 31.4 Å². The van der Waals surface area contributed by atoms with Gasteiger partial charge in [0, 0.05) is 11.6 Å². The standard InChI is InChI=1S/C16H21F2N3OS/c1-11(12-6-5-9-14(10-12)22-15(17)18)20-21-16(23)19-13-7-3-2-4-8-13/h5-6,9-10,13,15H,2-4,7-8H2,1H3,(H2,19,21,23)/b20-11+. The molecule has 0 aliphatic heterocycles. The number of thiocarbonyl (C=S) groups is 1. The van der Waals surface area contributed by atoms with Crippen molar-refractivity contribution in [1.82, 2.24) is 10.7 Å². The summed E-state index contributed by atoms with van der Waals surface area (Å²) in [6.07, 6.45) is 5.97. The average molecular weight is 341 g/mol. The zero-order chi connectivity index (χ0) is 16.7. The summed E-state index contributed by atoms with van der Waals surface area (Å²) in [6, 6.07) is 6.82. The summed E-state index contributed by atoms with van der Waals surface area (Å²) >= 11 is 5.23. The van der Waals surface area contributed by atoms with Gasteiger partial charge in [0.2, 0.25) is 0 Å². The maximum Gasteiger partial charge on any atom is 0.387 e. The number of alkyl halides is 2. The van der Waals surface area contributed by atoms with Crippen LogP contribution in [0.4, 0.5) is 8.78 Å². The number of nitrogens with zero attached hydrogens (tertiary/aromatic N) is 1. The van der Waals surface area contributed by atoms with E-state index in [0.717, 1.165) is 12.8 Å². The second kappa shape index (κ2) is 8.76. The first-order chi connectivity index (χ1) is 11.0. The Morgan fingerprint density at radius 1 is 1.30 bits per heavy atom. The first-order valence-corrected chi connectivity index (χ1v) is 8.11. The van der Waals surface area contributed by atoms with Gasteiger partial charge in [0.15, 0.2) is 5.11 Å². The third kappa shape index (κ3) is 6.09. The Hall–Kier alpha value is -1.76. The van der Waals surface area contributed by atoms with Crippen molar-refractivity contribution in [3.63, 3.8) is 0 Å². The minimum atomic E-state index is -2.84. The highest BCUT2D eigenvalue weighted by atomic mass is 32.1. The van der Waals surface area contributed by atoms with E-state index < -0.39 is 6.61 Å². The second-order valence-corrected chi connectivity index (χ2v) is 5.93.